The van der Waals surface area contributed by atoms with Gasteiger partial charge in [-0.3, -0.25) is 4.79 Å². The van der Waals surface area contributed by atoms with E-state index in [-0.39, 0.29) is 11.8 Å². The number of aryl methyl sites for hydroxylation is 1. The maximum atomic E-state index is 12.0. The van der Waals surface area contributed by atoms with Crippen molar-refractivity contribution >= 4 is 11.5 Å². The molecule has 3 nitrogen and oxygen atoms in total. The molecule has 96 valence electrons. The van der Waals surface area contributed by atoms with Gasteiger partial charge < -0.3 is 10.2 Å². The van der Waals surface area contributed by atoms with E-state index in [9.17, 15) is 4.79 Å². The first-order valence-corrected chi connectivity index (χ1v) is 6.86. The molecule has 3 rings (SSSR count). The first-order chi connectivity index (χ1) is 8.78. The van der Waals surface area contributed by atoms with E-state index < -0.39 is 0 Å². The summed E-state index contributed by atoms with van der Waals surface area (Å²) in [6, 6.07) is 8.77. The van der Waals surface area contributed by atoms with Crippen LogP contribution in [0, 0.1) is 11.8 Å². The summed E-state index contributed by atoms with van der Waals surface area (Å²) in [6.07, 6.45) is 1.08. The fraction of sp³-hybridized carbons (Fsp3) is 0.533. The van der Waals surface area contributed by atoms with E-state index in [1.807, 2.05) is 0 Å². The maximum absolute atomic E-state index is 12.0. The summed E-state index contributed by atoms with van der Waals surface area (Å²) in [7, 11) is 0. The second kappa shape index (κ2) is 4.73. The molecule has 3 heteroatoms. The number of carbonyl (C=O) groups is 1. The molecule has 2 aliphatic rings. The minimum atomic E-state index is 0.184. The van der Waals surface area contributed by atoms with E-state index in [4.69, 9.17) is 0 Å². The highest BCUT2D eigenvalue weighted by atomic mass is 16.1. The van der Waals surface area contributed by atoms with Crippen LogP contribution in [0.5, 0.6) is 0 Å². The SMILES string of the molecule is CCc1ccc(N2CC3CNCC(C2)C3=O)cc1. The molecular formula is C15H20N2O. The molecule has 2 unspecified atom stereocenters. The highest BCUT2D eigenvalue weighted by Crippen LogP contribution is 2.26. The average Bonchev–Trinajstić information content (AvgIpc) is 2.38. The van der Waals surface area contributed by atoms with Crippen LogP contribution in [0.4, 0.5) is 5.69 Å². The topological polar surface area (TPSA) is 32.3 Å². The van der Waals surface area contributed by atoms with Gasteiger partial charge in [-0.1, -0.05) is 19.1 Å². The quantitative estimate of drug-likeness (QED) is 0.855. The molecular weight excluding hydrogens is 224 g/mol. The number of anilines is 1. The van der Waals surface area contributed by atoms with Gasteiger partial charge in [-0.2, -0.15) is 0 Å². The molecule has 0 amide bonds. The molecule has 1 aromatic carbocycles. The van der Waals surface area contributed by atoms with E-state index >= 15 is 0 Å². The number of piperidine rings is 2. The van der Waals surface area contributed by atoms with Gasteiger partial charge in [0.25, 0.3) is 0 Å². The molecule has 1 aromatic rings. The van der Waals surface area contributed by atoms with E-state index in [1.165, 1.54) is 11.3 Å². The summed E-state index contributed by atoms with van der Waals surface area (Å²) in [5.41, 5.74) is 2.63. The third-order valence-electron chi connectivity index (χ3n) is 4.18. The molecule has 1 N–H and O–H groups in total. The van der Waals surface area contributed by atoms with Crippen molar-refractivity contribution in [2.75, 3.05) is 31.1 Å². The van der Waals surface area contributed by atoms with Crippen molar-refractivity contribution in [1.29, 1.82) is 0 Å². The lowest BCUT2D eigenvalue weighted by atomic mass is 9.84. The molecule has 2 fully saturated rings. The van der Waals surface area contributed by atoms with Gasteiger partial charge in [-0.05, 0) is 24.1 Å². The van der Waals surface area contributed by atoms with Gasteiger partial charge in [-0.15, -0.1) is 0 Å². The summed E-state index contributed by atoms with van der Waals surface area (Å²) >= 11 is 0. The minimum absolute atomic E-state index is 0.184. The third-order valence-corrected chi connectivity index (χ3v) is 4.18. The van der Waals surface area contributed by atoms with Crippen LogP contribution in [0.2, 0.25) is 0 Å². The molecule has 2 heterocycles. The largest absolute Gasteiger partial charge is 0.370 e. The highest BCUT2D eigenvalue weighted by Gasteiger charge is 2.37. The fourth-order valence-electron chi connectivity index (χ4n) is 3.04. The average molecular weight is 244 g/mol. The summed E-state index contributed by atoms with van der Waals surface area (Å²) < 4.78 is 0. The molecule has 2 bridgehead atoms. The normalized spacial score (nSPS) is 27.4. The Labute approximate surface area is 108 Å². The highest BCUT2D eigenvalue weighted by molar-refractivity contribution is 5.87. The predicted molar refractivity (Wildman–Crippen MR) is 72.9 cm³/mol. The Morgan fingerprint density at radius 1 is 1.17 bits per heavy atom. The smallest absolute Gasteiger partial charge is 0.145 e. The summed E-state index contributed by atoms with van der Waals surface area (Å²) in [4.78, 5) is 14.4. The molecule has 0 saturated carbocycles. The summed E-state index contributed by atoms with van der Waals surface area (Å²) in [5.74, 6) is 0.835. The number of Topliss-reactive ketones (excluding diaryl/α,β-unsaturated/α-hetero) is 1. The first kappa shape index (κ1) is 11.7. The Morgan fingerprint density at radius 2 is 1.78 bits per heavy atom. The monoisotopic (exact) mass is 244 g/mol. The van der Waals surface area contributed by atoms with E-state index in [1.54, 1.807) is 0 Å². The summed E-state index contributed by atoms with van der Waals surface area (Å²) in [5, 5.41) is 3.36. The molecule has 2 aliphatic heterocycles. The van der Waals surface area contributed by atoms with Crippen molar-refractivity contribution in [3.8, 4) is 0 Å². The van der Waals surface area contributed by atoms with Crippen LogP contribution < -0.4 is 10.2 Å². The van der Waals surface area contributed by atoms with Crippen molar-refractivity contribution in [1.82, 2.24) is 5.32 Å². The van der Waals surface area contributed by atoms with Crippen LogP contribution in [-0.4, -0.2) is 32.0 Å². The third kappa shape index (κ3) is 2.03. The maximum Gasteiger partial charge on any atom is 0.145 e. The van der Waals surface area contributed by atoms with Gasteiger partial charge in [0, 0.05) is 43.7 Å². The molecule has 0 aromatic heterocycles. The minimum Gasteiger partial charge on any atom is -0.370 e. The Bertz CT molecular complexity index is 424. The molecule has 18 heavy (non-hydrogen) atoms. The Kier molecular flexibility index (Phi) is 3.08. The van der Waals surface area contributed by atoms with E-state index in [2.05, 4.69) is 41.4 Å². The van der Waals surface area contributed by atoms with E-state index in [0.717, 1.165) is 32.6 Å². The molecule has 2 atom stereocenters. The van der Waals surface area contributed by atoms with Crippen molar-refractivity contribution < 1.29 is 4.79 Å². The number of nitrogens with one attached hydrogen (secondary N) is 1. The first-order valence-electron chi connectivity index (χ1n) is 6.86. The van der Waals surface area contributed by atoms with Crippen LogP contribution in [0.15, 0.2) is 24.3 Å². The van der Waals surface area contributed by atoms with Crippen molar-refractivity contribution in [2.45, 2.75) is 13.3 Å². The number of hydrogen-bond acceptors (Lipinski definition) is 3. The second-order valence-corrected chi connectivity index (χ2v) is 5.38. The second-order valence-electron chi connectivity index (χ2n) is 5.38. The van der Waals surface area contributed by atoms with Crippen LogP contribution >= 0.6 is 0 Å². The Hall–Kier alpha value is -1.35. The number of rotatable bonds is 2. The number of nitrogens with zero attached hydrogens (tertiary/aromatic N) is 1. The van der Waals surface area contributed by atoms with Crippen LogP contribution in [0.25, 0.3) is 0 Å². The predicted octanol–water partition coefficient (Wildman–Crippen LogP) is 1.47. The Balaban J connectivity index is 1.78. The van der Waals surface area contributed by atoms with Crippen molar-refractivity contribution in [3.05, 3.63) is 29.8 Å². The van der Waals surface area contributed by atoms with Gasteiger partial charge in [0.15, 0.2) is 0 Å². The molecule has 0 aliphatic carbocycles. The van der Waals surface area contributed by atoms with Crippen LogP contribution in [0.3, 0.4) is 0 Å². The lowest BCUT2D eigenvalue weighted by Gasteiger charge is -2.41. The zero-order chi connectivity index (χ0) is 12.5. The van der Waals surface area contributed by atoms with Gasteiger partial charge in [0.05, 0.1) is 0 Å². The summed E-state index contributed by atoms with van der Waals surface area (Å²) in [6.45, 7) is 5.60. The number of carbonyl (C=O) groups excluding carboxylic acids is 1. The van der Waals surface area contributed by atoms with Gasteiger partial charge in [0.1, 0.15) is 5.78 Å². The van der Waals surface area contributed by atoms with Crippen LogP contribution in [0.1, 0.15) is 12.5 Å². The zero-order valence-corrected chi connectivity index (χ0v) is 10.9. The van der Waals surface area contributed by atoms with Crippen LogP contribution in [-0.2, 0) is 11.2 Å². The molecule has 0 radical (unpaired) electrons. The van der Waals surface area contributed by atoms with Crippen molar-refractivity contribution in [3.63, 3.8) is 0 Å². The molecule has 2 saturated heterocycles. The zero-order valence-electron chi connectivity index (χ0n) is 10.9. The lowest BCUT2D eigenvalue weighted by Crippen LogP contribution is -2.57. The number of benzene rings is 1. The van der Waals surface area contributed by atoms with Gasteiger partial charge in [-0.25, -0.2) is 0 Å². The molecule has 0 spiro atoms. The van der Waals surface area contributed by atoms with Crippen molar-refractivity contribution in [2.24, 2.45) is 11.8 Å². The number of hydrogen-bond donors (Lipinski definition) is 1. The van der Waals surface area contributed by atoms with Gasteiger partial charge in [0.2, 0.25) is 0 Å². The number of ketones is 1. The van der Waals surface area contributed by atoms with Gasteiger partial charge >= 0.3 is 0 Å². The Morgan fingerprint density at radius 3 is 2.33 bits per heavy atom. The standard InChI is InChI=1S/C15H20N2O/c1-2-11-3-5-14(6-4-11)17-9-12-7-16-8-13(10-17)15(12)18/h3-6,12-13,16H,2,7-10H2,1H3. The number of fused-ring (bicyclic) bond motifs is 2. The lowest BCUT2D eigenvalue weighted by molar-refractivity contribution is -0.129. The van der Waals surface area contributed by atoms with E-state index in [0.29, 0.717) is 5.78 Å². The fourth-order valence-corrected chi connectivity index (χ4v) is 3.04.